The lowest BCUT2D eigenvalue weighted by Crippen LogP contribution is -2.46. The second-order valence-corrected chi connectivity index (χ2v) is 9.17. The van der Waals surface area contributed by atoms with Crippen LogP contribution >= 0.6 is 0 Å². The van der Waals surface area contributed by atoms with Gasteiger partial charge < -0.3 is 5.32 Å². The zero-order valence-corrected chi connectivity index (χ0v) is 20.6. The number of aromatic nitrogens is 4. The fourth-order valence-corrected chi connectivity index (χ4v) is 4.07. The lowest BCUT2D eigenvalue weighted by molar-refractivity contribution is -0.137. The van der Waals surface area contributed by atoms with Crippen molar-refractivity contribution >= 4 is 17.5 Å². The predicted octanol–water partition coefficient (Wildman–Crippen LogP) is 4.69. The first-order valence-corrected chi connectivity index (χ1v) is 12.2. The molecule has 1 fully saturated rings. The fourth-order valence-electron chi connectivity index (χ4n) is 4.07. The SMILES string of the molecule is O=C(NC1CC1)[C@@H](c1ccc(F)cc1)N(C(=O)Cn1nnc(-c2ccc(C(F)(F)F)cc2)n1)c1ccccc1F. The Hall–Kier alpha value is -4.68. The lowest BCUT2D eigenvalue weighted by atomic mass is 10.0. The molecule has 0 spiro atoms. The van der Waals surface area contributed by atoms with Gasteiger partial charge in [-0.2, -0.15) is 18.0 Å². The highest BCUT2D eigenvalue weighted by atomic mass is 19.4. The number of para-hydroxylation sites is 1. The Bertz CT molecular complexity index is 1520. The zero-order valence-electron chi connectivity index (χ0n) is 20.6. The molecule has 0 saturated heterocycles. The minimum atomic E-state index is -4.51. The Morgan fingerprint density at radius 2 is 1.65 bits per heavy atom. The molecule has 0 aliphatic heterocycles. The highest BCUT2D eigenvalue weighted by Gasteiger charge is 2.37. The highest BCUT2D eigenvalue weighted by molar-refractivity contribution is 6.01. The molecular weight excluding hydrogens is 535 g/mol. The number of anilines is 1. The van der Waals surface area contributed by atoms with Crippen LogP contribution in [0.25, 0.3) is 11.4 Å². The second kappa shape index (κ2) is 10.8. The molecular formula is C27H21F5N6O2. The van der Waals surface area contributed by atoms with Gasteiger partial charge >= 0.3 is 6.18 Å². The second-order valence-electron chi connectivity index (χ2n) is 9.17. The number of halogens is 5. The first kappa shape index (κ1) is 26.9. The largest absolute Gasteiger partial charge is 0.416 e. The number of nitrogens with one attached hydrogen (secondary N) is 1. The molecule has 0 unspecified atom stereocenters. The van der Waals surface area contributed by atoms with Gasteiger partial charge in [-0.05, 0) is 60.0 Å². The van der Waals surface area contributed by atoms with Crippen LogP contribution in [-0.4, -0.2) is 38.1 Å². The molecule has 1 aliphatic rings. The molecule has 13 heteroatoms. The number of tetrazole rings is 1. The van der Waals surface area contributed by atoms with Gasteiger partial charge in [-0.25, -0.2) is 8.78 Å². The van der Waals surface area contributed by atoms with E-state index < -0.39 is 47.8 Å². The summed E-state index contributed by atoms with van der Waals surface area (Å²) < 4.78 is 67.4. The monoisotopic (exact) mass is 556 g/mol. The molecule has 206 valence electrons. The van der Waals surface area contributed by atoms with Crippen molar-refractivity contribution in [1.29, 1.82) is 0 Å². The minimum absolute atomic E-state index is 0.0412. The van der Waals surface area contributed by atoms with E-state index in [4.69, 9.17) is 0 Å². The fraction of sp³-hybridized carbons (Fsp3) is 0.222. The number of hydrogen-bond donors (Lipinski definition) is 1. The first-order chi connectivity index (χ1) is 19.1. The molecule has 1 atom stereocenters. The van der Waals surface area contributed by atoms with Crippen LogP contribution in [0, 0.1) is 11.6 Å². The van der Waals surface area contributed by atoms with Crippen LogP contribution < -0.4 is 10.2 Å². The van der Waals surface area contributed by atoms with Crippen molar-refractivity contribution in [2.24, 2.45) is 0 Å². The third kappa shape index (κ3) is 5.98. The molecule has 5 rings (SSSR count). The van der Waals surface area contributed by atoms with Gasteiger partial charge in [0.05, 0.1) is 11.3 Å². The Morgan fingerprint density at radius 1 is 0.975 bits per heavy atom. The van der Waals surface area contributed by atoms with Crippen molar-refractivity contribution < 1.29 is 31.5 Å². The first-order valence-electron chi connectivity index (χ1n) is 12.2. The summed E-state index contributed by atoms with van der Waals surface area (Å²) in [6, 6.07) is 13.0. The maximum atomic E-state index is 15.0. The van der Waals surface area contributed by atoms with E-state index in [-0.39, 0.29) is 28.7 Å². The molecule has 2 amide bonds. The predicted molar refractivity (Wildman–Crippen MR) is 132 cm³/mol. The van der Waals surface area contributed by atoms with Crippen molar-refractivity contribution in [3.63, 3.8) is 0 Å². The third-order valence-electron chi connectivity index (χ3n) is 6.20. The Kier molecular flexibility index (Phi) is 7.28. The van der Waals surface area contributed by atoms with Gasteiger partial charge in [0.15, 0.2) is 0 Å². The number of amides is 2. The Balaban J connectivity index is 1.47. The standard InChI is InChI=1S/C27H21F5N6O2/c28-19-11-7-16(8-12-19)24(26(40)33-20-13-14-20)38(22-4-2-1-3-21(22)29)23(39)15-37-35-25(34-36-37)17-5-9-18(10-6-17)27(30,31)32/h1-12,20,24H,13-15H2,(H,33,40)/t24-/m1/s1. The van der Waals surface area contributed by atoms with Gasteiger partial charge in [0, 0.05) is 11.6 Å². The van der Waals surface area contributed by atoms with E-state index >= 15 is 4.39 Å². The van der Waals surface area contributed by atoms with Gasteiger partial charge in [-0.1, -0.05) is 36.4 Å². The Labute approximate surface area is 224 Å². The smallest absolute Gasteiger partial charge is 0.351 e. The molecule has 0 bridgehead atoms. The molecule has 0 radical (unpaired) electrons. The van der Waals surface area contributed by atoms with Crippen LogP contribution in [0.3, 0.4) is 0 Å². The summed E-state index contributed by atoms with van der Waals surface area (Å²) in [5.74, 6) is -2.75. The van der Waals surface area contributed by atoms with E-state index in [9.17, 15) is 27.2 Å². The molecule has 1 heterocycles. The van der Waals surface area contributed by atoms with Crippen LogP contribution in [0.5, 0.6) is 0 Å². The number of carbonyl (C=O) groups is 2. The van der Waals surface area contributed by atoms with Gasteiger partial charge in [0.1, 0.15) is 24.2 Å². The molecule has 1 aromatic heterocycles. The van der Waals surface area contributed by atoms with Crippen molar-refractivity contribution in [3.8, 4) is 11.4 Å². The van der Waals surface area contributed by atoms with Crippen LogP contribution in [0.15, 0.2) is 72.8 Å². The summed E-state index contributed by atoms with van der Waals surface area (Å²) in [4.78, 5) is 29.0. The minimum Gasteiger partial charge on any atom is -0.351 e. The number of rotatable bonds is 8. The van der Waals surface area contributed by atoms with Crippen molar-refractivity contribution in [1.82, 2.24) is 25.5 Å². The van der Waals surface area contributed by atoms with E-state index in [0.717, 1.165) is 52.9 Å². The molecule has 1 saturated carbocycles. The lowest BCUT2D eigenvalue weighted by Gasteiger charge is -2.31. The summed E-state index contributed by atoms with van der Waals surface area (Å²) in [5.41, 5.74) is -0.578. The van der Waals surface area contributed by atoms with Crippen LogP contribution in [0.4, 0.5) is 27.6 Å². The molecule has 4 aromatic rings. The van der Waals surface area contributed by atoms with E-state index in [0.29, 0.717) is 0 Å². The molecule has 1 N–H and O–H groups in total. The Morgan fingerprint density at radius 3 is 2.27 bits per heavy atom. The van der Waals surface area contributed by atoms with E-state index in [1.165, 1.54) is 42.5 Å². The molecule has 8 nitrogen and oxygen atoms in total. The number of hydrogen-bond acceptors (Lipinski definition) is 5. The number of carbonyl (C=O) groups excluding carboxylic acids is 2. The van der Waals surface area contributed by atoms with E-state index in [1.54, 1.807) is 0 Å². The summed E-state index contributed by atoms with van der Waals surface area (Å²) in [6.45, 7) is -0.587. The molecule has 3 aromatic carbocycles. The quantitative estimate of drug-likeness (QED) is 0.318. The number of benzene rings is 3. The topological polar surface area (TPSA) is 93.0 Å². The average molecular weight is 556 g/mol. The summed E-state index contributed by atoms with van der Waals surface area (Å²) in [7, 11) is 0. The van der Waals surface area contributed by atoms with Gasteiger partial charge in [-0.15, -0.1) is 10.2 Å². The van der Waals surface area contributed by atoms with Gasteiger partial charge in [-0.3, -0.25) is 14.5 Å². The van der Waals surface area contributed by atoms with Crippen LogP contribution in [-0.2, 0) is 22.3 Å². The maximum Gasteiger partial charge on any atom is 0.416 e. The van der Waals surface area contributed by atoms with Gasteiger partial charge in [0.2, 0.25) is 11.7 Å². The third-order valence-corrected chi connectivity index (χ3v) is 6.20. The molecule has 1 aliphatic carbocycles. The number of alkyl halides is 3. The normalized spacial score (nSPS) is 14.0. The maximum absolute atomic E-state index is 15.0. The summed E-state index contributed by atoms with van der Waals surface area (Å²) in [5, 5.41) is 14.5. The van der Waals surface area contributed by atoms with Crippen molar-refractivity contribution in [2.75, 3.05) is 4.90 Å². The number of nitrogens with zero attached hydrogens (tertiary/aromatic N) is 5. The summed E-state index contributed by atoms with van der Waals surface area (Å²) in [6.07, 6.45) is -3.00. The average Bonchev–Trinajstić information content (AvgIpc) is 3.62. The van der Waals surface area contributed by atoms with Gasteiger partial charge in [0.25, 0.3) is 5.91 Å². The van der Waals surface area contributed by atoms with Crippen molar-refractivity contribution in [3.05, 3.63) is 95.6 Å². The molecule has 40 heavy (non-hydrogen) atoms. The van der Waals surface area contributed by atoms with Crippen molar-refractivity contribution in [2.45, 2.75) is 37.6 Å². The summed E-state index contributed by atoms with van der Waals surface area (Å²) >= 11 is 0. The zero-order chi connectivity index (χ0) is 28.4. The van der Waals surface area contributed by atoms with Crippen LogP contribution in [0.2, 0.25) is 0 Å². The van der Waals surface area contributed by atoms with E-state index in [1.807, 2.05) is 0 Å². The van der Waals surface area contributed by atoms with Crippen LogP contribution in [0.1, 0.15) is 30.0 Å². The van der Waals surface area contributed by atoms with E-state index in [2.05, 4.69) is 20.7 Å². The highest BCUT2D eigenvalue weighted by Crippen LogP contribution is 2.32.